The average Bonchev–Trinajstić information content (AvgIpc) is 2.19. The Morgan fingerprint density at radius 1 is 1.33 bits per heavy atom. The summed E-state index contributed by atoms with van der Waals surface area (Å²) in [7, 11) is 0. The van der Waals surface area contributed by atoms with E-state index in [9.17, 15) is 9.59 Å². The number of carbonyl (C=O) groups is 2. The molecule has 0 spiro atoms. The van der Waals surface area contributed by atoms with Gasteiger partial charge in [0.15, 0.2) is 6.19 Å². The van der Waals surface area contributed by atoms with Gasteiger partial charge in [-0.1, -0.05) is 18.2 Å². The molecule has 0 aliphatic heterocycles. The summed E-state index contributed by atoms with van der Waals surface area (Å²) in [5.41, 5.74) is 0.367. The summed E-state index contributed by atoms with van der Waals surface area (Å²) >= 11 is 0. The van der Waals surface area contributed by atoms with E-state index in [0.717, 1.165) is 4.90 Å². The standard InChI is InChI=1S/C10H8N2O3/c11-7-12(9(13)6-10(14)15)8-4-2-1-3-5-8/h1-5H,6H2,(H,14,15). The lowest BCUT2D eigenvalue weighted by Crippen LogP contribution is -2.27. The van der Waals surface area contributed by atoms with Gasteiger partial charge in [-0.05, 0) is 12.1 Å². The molecule has 0 radical (unpaired) electrons. The van der Waals surface area contributed by atoms with Gasteiger partial charge >= 0.3 is 5.97 Å². The minimum absolute atomic E-state index is 0.367. The van der Waals surface area contributed by atoms with E-state index in [2.05, 4.69) is 0 Å². The number of carboxylic acid groups (broad SMARTS) is 1. The zero-order valence-electron chi connectivity index (χ0n) is 7.75. The quantitative estimate of drug-likeness (QED) is 0.452. The average molecular weight is 204 g/mol. The summed E-state index contributed by atoms with van der Waals surface area (Å²) in [5, 5.41) is 17.1. The molecule has 1 rings (SSSR count). The zero-order valence-corrected chi connectivity index (χ0v) is 7.75. The number of benzene rings is 1. The van der Waals surface area contributed by atoms with Gasteiger partial charge in [0.2, 0.25) is 0 Å². The van der Waals surface area contributed by atoms with E-state index in [1.807, 2.05) is 0 Å². The lowest BCUT2D eigenvalue weighted by molar-refractivity contribution is -0.139. The lowest BCUT2D eigenvalue weighted by Gasteiger charge is -2.11. The monoisotopic (exact) mass is 204 g/mol. The summed E-state index contributed by atoms with van der Waals surface area (Å²) in [6, 6.07) is 8.17. The molecule has 1 amide bonds. The van der Waals surface area contributed by atoms with Gasteiger partial charge in [0, 0.05) is 0 Å². The molecule has 15 heavy (non-hydrogen) atoms. The maximum atomic E-state index is 11.3. The molecule has 1 N–H and O–H groups in total. The summed E-state index contributed by atoms with van der Waals surface area (Å²) in [5.74, 6) is -2.01. The second kappa shape index (κ2) is 4.77. The first-order valence-corrected chi connectivity index (χ1v) is 4.14. The van der Waals surface area contributed by atoms with Crippen molar-refractivity contribution in [2.45, 2.75) is 6.42 Å². The predicted molar refractivity (Wildman–Crippen MR) is 51.8 cm³/mol. The highest BCUT2D eigenvalue weighted by molar-refractivity contribution is 6.04. The van der Waals surface area contributed by atoms with Crippen molar-refractivity contribution in [3.63, 3.8) is 0 Å². The number of carboxylic acids is 1. The van der Waals surface area contributed by atoms with Crippen LogP contribution in [-0.2, 0) is 9.59 Å². The van der Waals surface area contributed by atoms with Crippen LogP contribution in [0.5, 0.6) is 0 Å². The Kier molecular flexibility index (Phi) is 3.41. The van der Waals surface area contributed by atoms with Gasteiger partial charge in [0.05, 0.1) is 5.69 Å². The predicted octanol–water partition coefficient (Wildman–Crippen LogP) is 0.975. The third kappa shape index (κ3) is 2.81. The van der Waals surface area contributed by atoms with Gasteiger partial charge < -0.3 is 5.11 Å². The van der Waals surface area contributed by atoms with Crippen LogP contribution in [0.1, 0.15) is 6.42 Å². The van der Waals surface area contributed by atoms with Crippen LogP contribution in [0.25, 0.3) is 0 Å². The van der Waals surface area contributed by atoms with Crippen molar-refractivity contribution in [3.8, 4) is 6.19 Å². The van der Waals surface area contributed by atoms with Crippen LogP contribution in [0.2, 0.25) is 0 Å². The first kappa shape index (κ1) is 10.7. The molecule has 5 nitrogen and oxygen atoms in total. The number of aliphatic carboxylic acids is 1. The van der Waals surface area contributed by atoms with Crippen molar-refractivity contribution in [2.24, 2.45) is 0 Å². The van der Waals surface area contributed by atoms with E-state index in [1.165, 1.54) is 0 Å². The van der Waals surface area contributed by atoms with E-state index in [0.29, 0.717) is 5.69 Å². The second-order valence-electron chi connectivity index (χ2n) is 2.74. The molecule has 0 saturated heterocycles. The molecule has 76 valence electrons. The Hall–Kier alpha value is -2.35. The molecule has 0 aliphatic rings. The molecule has 1 aromatic carbocycles. The number of nitrogens with zero attached hydrogens (tertiary/aromatic N) is 2. The molecule has 0 unspecified atom stereocenters. The maximum Gasteiger partial charge on any atom is 0.312 e. The Balaban J connectivity index is 2.87. The van der Waals surface area contributed by atoms with Gasteiger partial charge in [-0.3, -0.25) is 9.59 Å². The summed E-state index contributed by atoms with van der Waals surface area (Å²) < 4.78 is 0. The molecule has 0 heterocycles. The Morgan fingerprint density at radius 3 is 2.40 bits per heavy atom. The van der Waals surface area contributed by atoms with Crippen LogP contribution in [0, 0.1) is 11.5 Å². The molecule has 0 bridgehead atoms. The normalized spacial score (nSPS) is 9.00. The number of hydrogen-bond donors (Lipinski definition) is 1. The number of anilines is 1. The van der Waals surface area contributed by atoms with Gasteiger partial charge in [0.1, 0.15) is 6.42 Å². The van der Waals surface area contributed by atoms with Gasteiger partial charge in [0.25, 0.3) is 5.91 Å². The van der Waals surface area contributed by atoms with Crippen molar-refractivity contribution in [2.75, 3.05) is 4.90 Å². The van der Waals surface area contributed by atoms with Crippen molar-refractivity contribution < 1.29 is 14.7 Å². The smallest absolute Gasteiger partial charge is 0.312 e. The third-order valence-electron chi connectivity index (χ3n) is 1.67. The van der Waals surface area contributed by atoms with E-state index in [4.69, 9.17) is 10.4 Å². The van der Waals surface area contributed by atoms with E-state index < -0.39 is 18.3 Å². The maximum absolute atomic E-state index is 11.3. The number of hydrogen-bond acceptors (Lipinski definition) is 3. The number of carbonyl (C=O) groups excluding carboxylic acids is 1. The van der Waals surface area contributed by atoms with Crippen LogP contribution >= 0.6 is 0 Å². The summed E-state index contributed by atoms with van der Waals surface area (Å²) in [4.78, 5) is 22.4. The highest BCUT2D eigenvalue weighted by atomic mass is 16.4. The zero-order chi connectivity index (χ0) is 11.3. The number of para-hydroxylation sites is 1. The number of rotatable bonds is 3. The van der Waals surface area contributed by atoms with Crippen LogP contribution in [0.15, 0.2) is 30.3 Å². The topological polar surface area (TPSA) is 81.4 Å². The first-order chi connectivity index (χ1) is 7.15. The second-order valence-corrected chi connectivity index (χ2v) is 2.74. The van der Waals surface area contributed by atoms with Gasteiger partial charge in [-0.25, -0.2) is 4.90 Å². The number of nitriles is 1. The van der Waals surface area contributed by atoms with Crippen molar-refractivity contribution in [3.05, 3.63) is 30.3 Å². The van der Waals surface area contributed by atoms with E-state index in [-0.39, 0.29) is 0 Å². The lowest BCUT2D eigenvalue weighted by atomic mass is 10.3. The SMILES string of the molecule is N#CN(C(=O)CC(=O)O)c1ccccc1. The number of amides is 1. The fourth-order valence-electron chi connectivity index (χ4n) is 1.04. The third-order valence-corrected chi connectivity index (χ3v) is 1.67. The fraction of sp³-hybridized carbons (Fsp3) is 0.100. The van der Waals surface area contributed by atoms with Gasteiger partial charge in [-0.15, -0.1) is 0 Å². The van der Waals surface area contributed by atoms with Crippen molar-refractivity contribution in [1.29, 1.82) is 5.26 Å². The molecule has 5 heteroatoms. The van der Waals surface area contributed by atoms with Crippen molar-refractivity contribution >= 4 is 17.6 Å². The largest absolute Gasteiger partial charge is 0.481 e. The fourth-order valence-corrected chi connectivity index (χ4v) is 1.04. The molecular formula is C10H8N2O3. The first-order valence-electron chi connectivity index (χ1n) is 4.14. The molecule has 1 aromatic rings. The molecule has 0 saturated carbocycles. The minimum Gasteiger partial charge on any atom is -0.481 e. The Labute approximate surface area is 86.2 Å². The Bertz CT molecular complexity index is 408. The highest BCUT2D eigenvalue weighted by Gasteiger charge is 2.17. The van der Waals surface area contributed by atoms with Crippen LogP contribution in [0.4, 0.5) is 5.69 Å². The molecule has 0 atom stereocenters. The van der Waals surface area contributed by atoms with E-state index >= 15 is 0 Å². The molecule has 0 fully saturated rings. The summed E-state index contributed by atoms with van der Waals surface area (Å²) in [6.07, 6.45) is 0.952. The minimum atomic E-state index is -1.25. The van der Waals surface area contributed by atoms with Crippen LogP contribution in [0.3, 0.4) is 0 Å². The van der Waals surface area contributed by atoms with E-state index in [1.54, 1.807) is 36.5 Å². The van der Waals surface area contributed by atoms with Crippen LogP contribution in [-0.4, -0.2) is 17.0 Å². The molecular weight excluding hydrogens is 196 g/mol. The summed E-state index contributed by atoms with van der Waals surface area (Å²) in [6.45, 7) is 0. The molecule has 0 aromatic heterocycles. The van der Waals surface area contributed by atoms with Gasteiger partial charge in [-0.2, -0.15) is 5.26 Å². The highest BCUT2D eigenvalue weighted by Crippen LogP contribution is 2.13. The van der Waals surface area contributed by atoms with Crippen molar-refractivity contribution in [1.82, 2.24) is 0 Å². The molecule has 0 aliphatic carbocycles. The Morgan fingerprint density at radius 2 is 1.93 bits per heavy atom. The van der Waals surface area contributed by atoms with Crippen LogP contribution < -0.4 is 4.90 Å².